The Kier molecular flexibility index (Phi) is 11.7. The second kappa shape index (κ2) is 14.8. The lowest BCUT2D eigenvalue weighted by Crippen LogP contribution is -2.30. The molecule has 224 valence electrons. The second-order valence-corrected chi connectivity index (χ2v) is 13.4. The lowest BCUT2D eigenvalue weighted by Gasteiger charge is -2.42. The monoisotopic (exact) mass is 560 g/mol. The fourth-order valence-electron chi connectivity index (χ4n) is 5.72. The number of phenolic OH excluding ortho intramolecular Hbond substituents is 1. The van der Waals surface area contributed by atoms with E-state index in [4.69, 9.17) is 14.2 Å². The fraction of sp³-hybridized carbons (Fsp3) is 0.514. The summed E-state index contributed by atoms with van der Waals surface area (Å²) in [6.07, 6.45) is 2.91. The van der Waals surface area contributed by atoms with Crippen molar-refractivity contribution in [2.75, 3.05) is 13.2 Å². The van der Waals surface area contributed by atoms with E-state index in [1.54, 1.807) is 0 Å². The molecule has 0 aliphatic rings. The average Bonchev–Trinajstić information content (AvgIpc) is 2.93. The number of phenols is 1. The molecule has 0 heterocycles. The molecule has 4 unspecified atom stereocenters. The van der Waals surface area contributed by atoms with Crippen LogP contribution in [0.1, 0.15) is 97.6 Å². The number of para-hydroxylation sites is 1. The summed E-state index contributed by atoms with van der Waals surface area (Å²) >= 11 is 0. The van der Waals surface area contributed by atoms with Crippen molar-refractivity contribution in [3.8, 4) is 17.2 Å². The SMILES string of the molecule is CCC(C)C(CC(C)(C)C(CC(C)(C)C)c1ccc(O)cc1)c1ccc(OC(C)OCCOc2ccccc2)cc1. The smallest absolute Gasteiger partial charge is 0.197 e. The molecule has 0 radical (unpaired) electrons. The zero-order valence-electron chi connectivity index (χ0n) is 26.5. The van der Waals surface area contributed by atoms with Crippen LogP contribution in [-0.2, 0) is 4.74 Å². The highest BCUT2D eigenvalue weighted by Crippen LogP contribution is 2.50. The summed E-state index contributed by atoms with van der Waals surface area (Å²) in [7, 11) is 0. The van der Waals surface area contributed by atoms with Crippen LogP contribution in [0.2, 0.25) is 0 Å². The number of rotatable bonds is 15. The van der Waals surface area contributed by atoms with Crippen LogP contribution in [0.5, 0.6) is 17.2 Å². The van der Waals surface area contributed by atoms with E-state index in [0.717, 1.165) is 30.8 Å². The molecule has 0 bridgehead atoms. The first-order chi connectivity index (χ1) is 19.4. The third-order valence-corrected chi connectivity index (χ3v) is 8.19. The van der Waals surface area contributed by atoms with Gasteiger partial charge in [0.25, 0.3) is 0 Å². The van der Waals surface area contributed by atoms with E-state index in [9.17, 15) is 5.11 Å². The van der Waals surface area contributed by atoms with Gasteiger partial charge in [0.2, 0.25) is 0 Å². The first kappa shape index (κ1) is 32.5. The number of hydrogen-bond donors (Lipinski definition) is 1. The number of hydrogen-bond acceptors (Lipinski definition) is 4. The molecule has 0 aliphatic carbocycles. The van der Waals surface area contributed by atoms with Crippen molar-refractivity contribution in [1.29, 1.82) is 0 Å². The van der Waals surface area contributed by atoms with Gasteiger partial charge in [-0.2, -0.15) is 0 Å². The number of ether oxygens (including phenoxy) is 3. The summed E-state index contributed by atoms with van der Waals surface area (Å²) in [5.74, 6) is 3.31. The Morgan fingerprint density at radius 1 is 0.707 bits per heavy atom. The molecule has 0 saturated carbocycles. The Hall–Kier alpha value is -2.98. The van der Waals surface area contributed by atoms with Crippen molar-refractivity contribution in [3.63, 3.8) is 0 Å². The van der Waals surface area contributed by atoms with E-state index in [0.29, 0.717) is 36.7 Å². The van der Waals surface area contributed by atoms with Crippen molar-refractivity contribution in [3.05, 3.63) is 90.0 Å². The lowest BCUT2D eigenvalue weighted by molar-refractivity contribution is -0.0739. The van der Waals surface area contributed by atoms with Crippen LogP contribution in [0.4, 0.5) is 0 Å². The topological polar surface area (TPSA) is 47.9 Å². The van der Waals surface area contributed by atoms with Crippen molar-refractivity contribution in [2.24, 2.45) is 16.7 Å². The van der Waals surface area contributed by atoms with Crippen molar-refractivity contribution in [1.82, 2.24) is 0 Å². The van der Waals surface area contributed by atoms with Gasteiger partial charge in [0.15, 0.2) is 6.29 Å². The molecule has 0 spiro atoms. The van der Waals surface area contributed by atoms with Crippen LogP contribution >= 0.6 is 0 Å². The average molecular weight is 561 g/mol. The predicted octanol–water partition coefficient (Wildman–Crippen LogP) is 9.98. The van der Waals surface area contributed by atoms with Crippen LogP contribution in [-0.4, -0.2) is 24.6 Å². The quantitative estimate of drug-likeness (QED) is 0.148. The summed E-state index contributed by atoms with van der Waals surface area (Å²) in [5.41, 5.74) is 2.90. The van der Waals surface area contributed by atoms with Gasteiger partial charge >= 0.3 is 0 Å². The van der Waals surface area contributed by atoms with E-state index in [1.807, 2.05) is 49.4 Å². The molecule has 4 nitrogen and oxygen atoms in total. The molecule has 4 heteroatoms. The molecule has 4 atom stereocenters. The Morgan fingerprint density at radius 3 is 1.90 bits per heavy atom. The van der Waals surface area contributed by atoms with E-state index >= 15 is 0 Å². The molecule has 0 saturated heterocycles. The maximum Gasteiger partial charge on any atom is 0.197 e. The molecule has 0 aliphatic heterocycles. The highest BCUT2D eigenvalue weighted by molar-refractivity contribution is 5.32. The summed E-state index contributed by atoms with van der Waals surface area (Å²) < 4.78 is 17.6. The lowest BCUT2D eigenvalue weighted by atomic mass is 9.63. The van der Waals surface area contributed by atoms with Crippen LogP contribution in [0.15, 0.2) is 78.9 Å². The normalized spacial score (nSPS) is 15.1. The van der Waals surface area contributed by atoms with Gasteiger partial charge in [-0.25, -0.2) is 0 Å². The maximum absolute atomic E-state index is 9.92. The fourth-order valence-corrected chi connectivity index (χ4v) is 5.72. The molecular formula is C37H52O4. The predicted molar refractivity (Wildman–Crippen MR) is 170 cm³/mol. The first-order valence-corrected chi connectivity index (χ1v) is 15.2. The Balaban J connectivity index is 1.67. The highest BCUT2D eigenvalue weighted by atomic mass is 16.7. The van der Waals surface area contributed by atoms with E-state index in [1.165, 1.54) is 11.1 Å². The van der Waals surface area contributed by atoms with Gasteiger partial charge < -0.3 is 19.3 Å². The molecule has 3 rings (SSSR count). The van der Waals surface area contributed by atoms with E-state index in [2.05, 4.69) is 84.9 Å². The first-order valence-electron chi connectivity index (χ1n) is 15.2. The van der Waals surface area contributed by atoms with Crippen LogP contribution in [0, 0.1) is 16.7 Å². The van der Waals surface area contributed by atoms with Crippen molar-refractivity contribution < 1.29 is 19.3 Å². The molecule has 0 amide bonds. The minimum atomic E-state index is -0.368. The zero-order chi connectivity index (χ0) is 30.0. The summed E-state index contributed by atoms with van der Waals surface area (Å²) in [6, 6.07) is 26.2. The van der Waals surface area contributed by atoms with Crippen molar-refractivity contribution >= 4 is 0 Å². The minimum Gasteiger partial charge on any atom is -0.508 e. The van der Waals surface area contributed by atoms with Gasteiger partial charge in [0, 0.05) is 0 Å². The number of aromatic hydroxyl groups is 1. The molecule has 41 heavy (non-hydrogen) atoms. The molecule has 0 aromatic heterocycles. The van der Waals surface area contributed by atoms with E-state index < -0.39 is 0 Å². The van der Waals surface area contributed by atoms with Crippen molar-refractivity contribution in [2.45, 2.75) is 92.8 Å². The standard InChI is InChI=1S/C37H52O4/c1-9-27(2)34(25-37(7,8)35(26-36(4,5)6)30-15-19-31(38)20-16-30)29-17-21-33(22-18-29)41-28(3)39-23-24-40-32-13-11-10-12-14-32/h10-22,27-28,34-35,38H,9,23-26H2,1-8H3. The molecule has 0 fully saturated rings. The van der Waals surface area contributed by atoms with E-state index in [-0.39, 0.29) is 17.1 Å². The summed E-state index contributed by atoms with van der Waals surface area (Å²) in [5, 5.41) is 9.92. The summed E-state index contributed by atoms with van der Waals surface area (Å²) in [6.45, 7) is 19.3. The van der Waals surface area contributed by atoms with Gasteiger partial charge in [-0.1, -0.05) is 97.4 Å². The Labute approximate surface area is 249 Å². The molecule has 3 aromatic rings. The summed E-state index contributed by atoms with van der Waals surface area (Å²) in [4.78, 5) is 0. The van der Waals surface area contributed by atoms with Crippen LogP contribution in [0.3, 0.4) is 0 Å². The van der Waals surface area contributed by atoms with Gasteiger partial charge in [0.05, 0.1) is 6.61 Å². The molecular weight excluding hydrogens is 508 g/mol. The van der Waals surface area contributed by atoms with Gasteiger partial charge in [-0.3, -0.25) is 0 Å². The van der Waals surface area contributed by atoms with Gasteiger partial charge in [0.1, 0.15) is 23.9 Å². The van der Waals surface area contributed by atoms with Gasteiger partial charge in [-0.15, -0.1) is 0 Å². The van der Waals surface area contributed by atoms with Gasteiger partial charge in [-0.05, 0) is 95.9 Å². The highest BCUT2D eigenvalue weighted by Gasteiger charge is 2.37. The van der Waals surface area contributed by atoms with Crippen LogP contribution < -0.4 is 9.47 Å². The largest absolute Gasteiger partial charge is 0.508 e. The Bertz CT molecular complexity index is 1150. The molecule has 3 aromatic carbocycles. The third kappa shape index (κ3) is 10.4. The maximum atomic E-state index is 9.92. The molecule has 1 N–H and O–H groups in total. The van der Waals surface area contributed by atoms with Crippen LogP contribution in [0.25, 0.3) is 0 Å². The zero-order valence-corrected chi connectivity index (χ0v) is 26.5. The Morgan fingerprint density at radius 2 is 1.32 bits per heavy atom. The number of benzene rings is 3. The minimum absolute atomic E-state index is 0.0533. The second-order valence-electron chi connectivity index (χ2n) is 13.4. The third-order valence-electron chi connectivity index (χ3n) is 8.19.